The summed E-state index contributed by atoms with van der Waals surface area (Å²) in [7, 11) is 1.80. The van der Waals surface area contributed by atoms with Crippen molar-refractivity contribution >= 4 is 40.2 Å². The first-order chi connectivity index (χ1) is 14.0. The molecular formula is C22H20ClN3O3. The molecule has 1 fully saturated rings. The Morgan fingerprint density at radius 3 is 2.69 bits per heavy atom. The average molecular weight is 410 g/mol. The number of benzene rings is 2. The molecular weight excluding hydrogens is 390 g/mol. The molecule has 0 aliphatic carbocycles. The highest BCUT2D eigenvalue weighted by molar-refractivity contribution is 6.31. The van der Waals surface area contributed by atoms with Crippen LogP contribution < -0.4 is 10.2 Å². The Kier molecular flexibility index (Phi) is 4.15. The van der Waals surface area contributed by atoms with E-state index in [1.54, 1.807) is 29.8 Å². The number of nitrogens with zero attached hydrogens (tertiary/aromatic N) is 2. The van der Waals surface area contributed by atoms with Crippen molar-refractivity contribution in [2.75, 3.05) is 18.0 Å². The number of rotatable bonds is 1. The van der Waals surface area contributed by atoms with Crippen LogP contribution in [0.5, 0.6) is 0 Å². The maximum absolute atomic E-state index is 13.5. The van der Waals surface area contributed by atoms with Gasteiger partial charge in [-0.05, 0) is 43.4 Å². The van der Waals surface area contributed by atoms with Gasteiger partial charge in [-0.2, -0.15) is 0 Å². The molecule has 0 atom stereocenters. The summed E-state index contributed by atoms with van der Waals surface area (Å²) in [5, 5.41) is 4.74. The normalized spacial score (nSPS) is 18.0. The number of ether oxygens (including phenoxy) is 1. The van der Waals surface area contributed by atoms with E-state index in [1.807, 2.05) is 30.3 Å². The lowest BCUT2D eigenvalue weighted by atomic mass is 9.82. The van der Waals surface area contributed by atoms with Crippen molar-refractivity contribution in [3.05, 3.63) is 64.8 Å². The number of para-hydroxylation sites is 1. The van der Waals surface area contributed by atoms with Crippen molar-refractivity contribution < 1.29 is 14.3 Å². The molecule has 3 aromatic rings. The smallest absolute Gasteiger partial charge is 0.422 e. The molecule has 1 aromatic heterocycles. The minimum Gasteiger partial charge on any atom is -0.437 e. The number of fused-ring (bicyclic) bond motifs is 3. The van der Waals surface area contributed by atoms with E-state index in [-0.39, 0.29) is 0 Å². The Morgan fingerprint density at radius 1 is 1.14 bits per heavy atom. The second-order valence-electron chi connectivity index (χ2n) is 7.56. The van der Waals surface area contributed by atoms with E-state index in [0.29, 0.717) is 29.2 Å². The fraction of sp³-hybridized carbons (Fsp3) is 0.273. The van der Waals surface area contributed by atoms with Crippen molar-refractivity contribution in [2.45, 2.75) is 18.4 Å². The predicted molar refractivity (Wildman–Crippen MR) is 111 cm³/mol. The van der Waals surface area contributed by atoms with Gasteiger partial charge < -0.3 is 14.6 Å². The van der Waals surface area contributed by atoms with Crippen LogP contribution >= 0.6 is 11.6 Å². The number of aromatic nitrogens is 1. The van der Waals surface area contributed by atoms with Gasteiger partial charge in [-0.25, -0.2) is 9.69 Å². The summed E-state index contributed by atoms with van der Waals surface area (Å²) in [5.41, 5.74) is 2.07. The quantitative estimate of drug-likeness (QED) is 0.654. The molecule has 1 spiro atoms. The lowest BCUT2D eigenvalue weighted by molar-refractivity contribution is -0.0171. The molecule has 2 aromatic carbocycles. The van der Waals surface area contributed by atoms with Gasteiger partial charge in [-0.15, -0.1) is 0 Å². The van der Waals surface area contributed by atoms with E-state index in [4.69, 9.17) is 16.3 Å². The van der Waals surface area contributed by atoms with E-state index < -0.39 is 17.6 Å². The van der Waals surface area contributed by atoms with Gasteiger partial charge in [0.15, 0.2) is 0 Å². The first-order valence-electron chi connectivity index (χ1n) is 9.63. The topological polar surface area (TPSA) is 63.6 Å². The zero-order chi connectivity index (χ0) is 20.2. The van der Waals surface area contributed by atoms with E-state index in [2.05, 4.69) is 5.32 Å². The van der Waals surface area contributed by atoms with Gasteiger partial charge in [0.2, 0.25) is 0 Å². The highest BCUT2D eigenvalue weighted by Gasteiger charge is 2.47. The predicted octanol–water partition coefficient (Wildman–Crippen LogP) is 4.21. The SMILES string of the molecule is Cn1c(C(=O)N2C(=O)OC3(CCNCC3)c3ccccc32)cc2cc(Cl)ccc21. The molecule has 148 valence electrons. The fourth-order valence-electron chi connectivity index (χ4n) is 4.45. The molecule has 0 radical (unpaired) electrons. The van der Waals surface area contributed by atoms with E-state index in [1.165, 1.54) is 0 Å². The van der Waals surface area contributed by atoms with Crippen molar-refractivity contribution in [3.63, 3.8) is 0 Å². The highest BCUT2D eigenvalue weighted by atomic mass is 35.5. The third-order valence-corrected chi connectivity index (χ3v) is 6.17. The number of aryl methyl sites for hydroxylation is 1. The van der Waals surface area contributed by atoms with Crippen LogP contribution in [-0.2, 0) is 17.4 Å². The van der Waals surface area contributed by atoms with Crippen LogP contribution in [0.3, 0.4) is 0 Å². The molecule has 5 rings (SSSR count). The number of piperidine rings is 1. The van der Waals surface area contributed by atoms with E-state index in [9.17, 15) is 9.59 Å². The lowest BCUT2D eigenvalue weighted by Crippen LogP contribution is -2.52. The molecule has 29 heavy (non-hydrogen) atoms. The number of hydrogen-bond donors (Lipinski definition) is 1. The summed E-state index contributed by atoms with van der Waals surface area (Å²) in [6.07, 6.45) is 0.744. The molecule has 1 saturated heterocycles. The summed E-state index contributed by atoms with van der Waals surface area (Å²) < 4.78 is 7.70. The molecule has 6 nitrogen and oxygen atoms in total. The second-order valence-corrected chi connectivity index (χ2v) is 8.00. The maximum Gasteiger partial charge on any atom is 0.422 e. The third-order valence-electron chi connectivity index (χ3n) is 5.94. The molecule has 2 aliphatic rings. The largest absolute Gasteiger partial charge is 0.437 e. The maximum atomic E-state index is 13.5. The molecule has 0 saturated carbocycles. The van der Waals surface area contributed by atoms with Crippen molar-refractivity contribution in [3.8, 4) is 0 Å². The van der Waals surface area contributed by atoms with Gasteiger partial charge in [-0.3, -0.25) is 4.79 Å². The average Bonchev–Trinajstić information content (AvgIpc) is 3.04. The zero-order valence-electron chi connectivity index (χ0n) is 15.9. The molecule has 2 amide bonds. The van der Waals surface area contributed by atoms with Crippen LogP contribution in [-0.4, -0.2) is 29.7 Å². The van der Waals surface area contributed by atoms with Crippen LogP contribution in [0, 0.1) is 0 Å². The first kappa shape index (κ1) is 18.2. The Hall–Kier alpha value is -2.83. The van der Waals surface area contributed by atoms with Crippen LogP contribution in [0.4, 0.5) is 10.5 Å². The van der Waals surface area contributed by atoms with Gasteiger partial charge in [-0.1, -0.05) is 29.8 Å². The Morgan fingerprint density at radius 2 is 1.90 bits per heavy atom. The van der Waals surface area contributed by atoms with Crippen molar-refractivity contribution in [2.24, 2.45) is 7.05 Å². The van der Waals surface area contributed by atoms with E-state index in [0.717, 1.165) is 34.5 Å². The van der Waals surface area contributed by atoms with Gasteiger partial charge in [0.1, 0.15) is 11.3 Å². The third kappa shape index (κ3) is 2.74. The molecule has 2 aliphatic heterocycles. The molecule has 0 bridgehead atoms. The van der Waals surface area contributed by atoms with Crippen LogP contribution in [0.25, 0.3) is 10.9 Å². The van der Waals surface area contributed by atoms with Gasteiger partial charge in [0, 0.05) is 41.4 Å². The van der Waals surface area contributed by atoms with Crippen LogP contribution in [0.1, 0.15) is 28.9 Å². The molecule has 1 N–H and O–H groups in total. The fourth-order valence-corrected chi connectivity index (χ4v) is 4.63. The highest BCUT2D eigenvalue weighted by Crippen LogP contribution is 2.44. The second kappa shape index (κ2) is 6.61. The van der Waals surface area contributed by atoms with E-state index >= 15 is 0 Å². The summed E-state index contributed by atoms with van der Waals surface area (Å²) in [6.45, 7) is 1.53. The molecule has 0 unspecified atom stereocenters. The number of halogens is 1. The van der Waals surface area contributed by atoms with Gasteiger partial charge in [0.25, 0.3) is 5.91 Å². The number of carbonyl (C=O) groups is 2. The van der Waals surface area contributed by atoms with Gasteiger partial charge in [0.05, 0.1) is 5.69 Å². The summed E-state index contributed by atoms with van der Waals surface area (Å²) in [6, 6.07) is 14.7. The minimum absolute atomic E-state index is 0.398. The summed E-state index contributed by atoms with van der Waals surface area (Å²) >= 11 is 6.10. The Bertz CT molecular complexity index is 1150. The number of amides is 2. The molecule has 7 heteroatoms. The number of carbonyl (C=O) groups excluding carboxylic acids is 2. The standard InChI is InChI=1S/C22H20ClN3O3/c1-25-17-7-6-15(23)12-14(17)13-19(25)20(27)26-18-5-3-2-4-16(18)22(29-21(26)28)8-10-24-11-9-22/h2-7,12-13,24H,8-11H2,1H3. The number of imide groups is 1. The van der Waals surface area contributed by atoms with Crippen molar-refractivity contribution in [1.82, 2.24) is 9.88 Å². The lowest BCUT2D eigenvalue weighted by Gasteiger charge is -2.44. The summed E-state index contributed by atoms with van der Waals surface area (Å²) in [4.78, 5) is 27.7. The Labute approximate surface area is 173 Å². The monoisotopic (exact) mass is 409 g/mol. The summed E-state index contributed by atoms with van der Waals surface area (Å²) in [5.74, 6) is -0.416. The van der Waals surface area contributed by atoms with Crippen LogP contribution in [0.2, 0.25) is 5.02 Å². The molecule has 3 heterocycles. The Balaban J connectivity index is 1.62. The minimum atomic E-state index is -0.678. The van der Waals surface area contributed by atoms with Crippen LogP contribution in [0.15, 0.2) is 48.5 Å². The first-order valence-corrected chi connectivity index (χ1v) is 10.0. The zero-order valence-corrected chi connectivity index (χ0v) is 16.7. The number of anilines is 1. The number of nitrogens with one attached hydrogen (secondary N) is 1. The van der Waals surface area contributed by atoms with Crippen molar-refractivity contribution in [1.29, 1.82) is 0 Å². The van der Waals surface area contributed by atoms with Gasteiger partial charge >= 0.3 is 6.09 Å². The number of hydrogen-bond acceptors (Lipinski definition) is 4.